The monoisotopic (exact) mass is 391 g/mol. The van der Waals surface area contributed by atoms with Gasteiger partial charge in [0.1, 0.15) is 0 Å². The molecule has 7 heteroatoms. The zero-order valence-corrected chi connectivity index (χ0v) is 17.4. The summed E-state index contributed by atoms with van der Waals surface area (Å²) < 4.78 is 29.0. The molecule has 148 valence electrons. The molecular weight excluding hydrogens is 362 g/mol. The van der Waals surface area contributed by atoms with E-state index in [-0.39, 0.29) is 29.2 Å². The molecule has 0 spiro atoms. The van der Waals surface area contributed by atoms with E-state index in [0.717, 1.165) is 24.0 Å². The molecule has 3 atom stereocenters. The Morgan fingerprint density at radius 1 is 1.15 bits per heavy atom. The summed E-state index contributed by atoms with van der Waals surface area (Å²) in [7, 11) is -0.352. The first-order chi connectivity index (χ1) is 12.6. The van der Waals surface area contributed by atoms with Crippen molar-refractivity contribution in [2.45, 2.75) is 32.7 Å². The maximum Gasteiger partial charge on any atom is 0.282 e. The fraction of sp³-hybridized carbons (Fsp3) is 0.650. The van der Waals surface area contributed by atoms with Crippen LogP contribution in [0.3, 0.4) is 0 Å². The summed E-state index contributed by atoms with van der Waals surface area (Å²) >= 11 is 0. The van der Waals surface area contributed by atoms with Gasteiger partial charge in [0.25, 0.3) is 10.2 Å². The zero-order valence-electron chi connectivity index (χ0n) is 16.6. The van der Waals surface area contributed by atoms with Gasteiger partial charge in [-0.3, -0.25) is 4.79 Å². The van der Waals surface area contributed by atoms with Crippen LogP contribution >= 0.6 is 0 Å². The molecule has 1 aromatic carbocycles. The predicted molar refractivity (Wildman–Crippen MR) is 104 cm³/mol. The maximum atomic E-state index is 13.0. The highest BCUT2D eigenvalue weighted by atomic mass is 32.2. The van der Waals surface area contributed by atoms with Crippen LogP contribution in [0.15, 0.2) is 24.3 Å². The van der Waals surface area contributed by atoms with Crippen LogP contribution in [0.4, 0.5) is 0 Å². The number of fused-ring (bicyclic) bond motifs is 1. The highest BCUT2D eigenvalue weighted by Crippen LogP contribution is 2.51. The quantitative estimate of drug-likeness (QED) is 0.789. The molecule has 1 amide bonds. The highest BCUT2D eigenvalue weighted by molar-refractivity contribution is 7.86. The molecule has 0 bridgehead atoms. The van der Waals surface area contributed by atoms with Crippen LogP contribution in [-0.2, 0) is 15.0 Å². The Morgan fingerprint density at radius 2 is 1.81 bits per heavy atom. The van der Waals surface area contributed by atoms with Gasteiger partial charge in [0.05, 0.1) is 6.04 Å². The number of nitrogens with zero attached hydrogens (tertiary/aromatic N) is 3. The summed E-state index contributed by atoms with van der Waals surface area (Å²) in [6.07, 6.45) is 1.94. The van der Waals surface area contributed by atoms with Gasteiger partial charge in [0.2, 0.25) is 5.91 Å². The van der Waals surface area contributed by atoms with E-state index in [2.05, 4.69) is 0 Å². The average molecular weight is 392 g/mol. The second kappa shape index (κ2) is 6.29. The normalized spacial score (nSPS) is 30.0. The number of hydrogen-bond donors (Lipinski definition) is 0. The summed E-state index contributed by atoms with van der Waals surface area (Å²) in [6, 6.07) is 7.81. The summed E-state index contributed by atoms with van der Waals surface area (Å²) in [4.78, 5) is 14.8. The maximum absolute atomic E-state index is 13.0. The lowest BCUT2D eigenvalue weighted by atomic mass is 9.88. The second-order valence-electron chi connectivity index (χ2n) is 8.86. The molecule has 0 aromatic heterocycles. The summed E-state index contributed by atoms with van der Waals surface area (Å²) in [5.74, 6) is 0.588. The van der Waals surface area contributed by atoms with Crippen molar-refractivity contribution in [2.75, 3.05) is 33.7 Å². The molecule has 0 N–H and O–H groups in total. The number of likely N-dealkylation sites (tertiary alicyclic amines) is 1. The van der Waals surface area contributed by atoms with Crippen molar-refractivity contribution in [3.63, 3.8) is 0 Å². The van der Waals surface area contributed by atoms with Crippen LogP contribution < -0.4 is 0 Å². The molecule has 1 aromatic rings. The third-order valence-corrected chi connectivity index (χ3v) is 8.58. The van der Waals surface area contributed by atoms with Crippen LogP contribution in [0.25, 0.3) is 0 Å². The first-order valence-corrected chi connectivity index (χ1v) is 11.1. The Bertz CT molecular complexity index is 863. The van der Waals surface area contributed by atoms with Crippen molar-refractivity contribution < 1.29 is 13.2 Å². The minimum Gasteiger partial charge on any atom is -0.342 e. The molecule has 0 unspecified atom stereocenters. The zero-order chi connectivity index (χ0) is 19.6. The van der Waals surface area contributed by atoms with Crippen molar-refractivity contribution in [3.05, 3.63) is 35.4 Å². The van der Waals surface area contributed by atoms with Crippen molar-refractivity contribution >= 4 is 16.1 Å². The van der Waals surface area contributed by atoms with E-state index in [9.17, 15) is 13.2 Å². The lowest BCUT2D eigenvalue weighted by Crippen LogP contribution is -2.43. The molecule has 0 radical (unpaired) electrons. The fourth-order valence-electron chi connectivity index (χ4n) is 4.71. The van der Waals surface area contributed by atoms with Gasteiger partial charge in [-0.2, -0.15) is 17.0 Å². The van der Waals surface area contributed by atoms with Crippen molar-refractivity contribution in [2.24, 2.45) is 17.3 Å². The van der Waals surface area contributed by atoms with E-state index in [0.29, 0.717) is 19.6 Å². The third kappa shape index (κ3) is 3.00. The van der Waals surface area contributed by atoms with Gasteiger partial charge in [-0.05, 0) is 36.8 Å². The second-order valence-corrected chi connectivity index (χ2v) is 11.0. The number of carbonyl (C=O) groups excluding carboxylic acids is 1. The smallest absolute Gasteiger partial charge is 0.282 e. The van der Waals surface area contributed by atoms with E-state index in [1.807, 2.05) is 43.0 Å². The largest absolute Gasteiger partial charge is 0.342 e. The molecular formula is C20H29N3O3S. The Morgan fingerprint density at radius 3 is 2.41 bits per heavy atom. The molecule has 1 aliphatic carbocycles. The first-order valence-electron chi connectivity index (χ1n) is 9.69. The first kappa shape index (κ1) is 18.9. The van der Waals surface area contributed by atoms with E-state index in [4.69, 9.17) is 0 Å². The van der Waals surface area contributed by atoms with Crippen LogP contribution in [0.1, 0.15) is 36.9 Å². The van der Waals surface area contributed by atoms with Crippen LogP contribution in [0.5, 0.6) is 0 Å². The Balaban J connectivity index is 1.68. The van der Waals surface area contributed by atoms with E-state index in [1.54, 1.807) is 18.4 Å². The van der Waals surface area contributed by atoms with Crippen LogP contribution in [0, 0.1) is 24.2 Å². The number of carbonyl (C=O) groups is 1. The Labute approximate surface area is 162 Å². The highest BCUT2D eigenvalue weighted by Gasteiger charge is 2.55. The summed E-state index contributed by atoms with van der Waals surface area (Å²) in [6.45, 7) is 5.88. The minimum atomic E-state index is -3.52. The van der Waals surface area contributed by atoms with Crippen molar-refractivity contribution in [1.82, 2.24) is 13.5 Å². The van der Waals surface area contributed by atoms with Gasteiger partial charge < -0.3 is 4.90 Å². The van der Waals surface area contributed by atoms with Gasteiger partial charge >= 0.3 is 0 Å². The molecule has 2 heterocycles. The predicted octanol–water partition coefficient (Wildman–Crippen LogP) is 2.03. The number of rotatable bonds is 4. The standard InChI is InChI=1S/C20H29N3O3S/c1-14-7-5-6-8-16(14)18-17-13-22(19(24)20(2)9-10-20)11-15(17)12-23(18)27(25,26)21(3)4/h5-8,15,17-18H,9-13H2,1-4H3/t15-,17-,18+/m0/s1. The van der Waals surface area contributed by atoms with E-state index >= 15 is 0 Å². The van der Waals surface area contributed by atoms with Crippen LogP contribution in [0.2, 0.25) is 0 Å². The molecule has 4 rings (SSSR count). The SMILES string of the molecule is Cc1ccccc1[C@@H]1[C@H]2CN(C(=O)C3(C)CC3)C[C@H]2CN1S(=O)(=O)N(C)C. The molecule has 3 aliphatic rings. The number of hydrogen-bond acceptors (Lipinski definition) is 3. The van der Waals surface area contributed by atoms with Gasteiger partial charge in [-0.1, -0.05) is 31.2 Å². The van der Waals surface area contributed by atoms with Gasteiger partial charge in [-0.15, -0.1) is 0 Å². The molecule has 6 nitrogen and oxygen atoms in total. The number of aryl methyl sites for hydroxylation is 1. The fourth-order valence-corrected chi connectivity index (χ4v) is 6.06. The summed E-state index contributed by atoms with van der Waals surface area (Å²) in [5, 5.41) is 0. The van der Waals surface area contributed by atoms with Crippen LogP contribution in [-0.4, -0.2) is 61.6 Å². The molecule has 2 aliphatic heterocycles. The minimum absolute atomic E-state index is 0.145. The number of amides is 1. The Kier molecular flexibility index (Phi) is 4.40. The lowest BCUT2D eigenvalue weighted by molar-refractivity contribution is -0.135. The van der Waals surface area contributed by atoms with Crippen molar-refractivity contribution in [1.29, 1.82) is 0 Å². The van der Waals surface area contributed by atoms with Gasteiger partial charge in [-0.25, -0.2) is 0 Å². The molecule has 1 saturated carbocycles. The van der Waals surface area contributed by atoms with Gasteiger partial charge in [0, 0.05) is 45.1 Å². The molecule has 3 fully saturated rings. The Hall–Kier alpha value is -1.44. The lowest BCUT2D eigenvalue weighted by Gasteiger charge is -2.32. The summed E-state index contributed by atoms with van der Waals surface area (Å²) in [5.41, 5.74) is 1.98. The number of benzene rings is 1. The molecule has 2 saturated heterocycles. The van der Waals surface area contributed by atoms with E-state index in [1.165, 1.54) is 4.31 Å². The third-order valence-electron chi connectivity index (χ3n) is 6.69. The van der Waals surface area contributed by atoms with Gasteiger partial charge in [0.15, 0.2) is 0 Å². The van der Waals surface area contributed by atoms with E-state index < -0.39 is 10.2 Å². The topological polar surface area (TPSA) is 60.9 Å². The van der Waals surface area contributed by atoms with Crippen molar-refractivity contribution in [3.8, 4) is 0 Å². The average Bonchev–Trinajstić information content (AvgIpc) is 3.08. The molecule has 27 heavy (non-hydrogen) atoms.